The fourth-order valence-electron chi connectivity index (χ4n) is 2.87. The molecular weight excluding hydrogens is 382 g/mol. The molecule has 1 atom stereocenters. The van der Waals surface area contributed by atoms with Gasteiger partial charge in [0.1, 0.15) is 0 Å². The average molecular weight is 402 g/mol. The van der Waals surface area contributed by atoms with Crippen LogP contribution in [-0.2, 0) is 4.79 Å². The summed E-state index contributed by atoms with van der Waals surface area (Å²) in [6.07, 6.45) is 0.304. The van der Waals surface area contributed by atoms with Crippen LogP contribution in [0.3, 0.4) is 0 Å². The quantitative estimate of drug-likeness (QED) is 0.816. The zero-order valence-electron chi connectivity index (χ0n) is 14.2. The molecule has 0 unspecified atom stereocenters. The fraction of sp³-hybridized carbons (Fsp3) is 0.263. The molecule has 3 rings (SSSR count). The number of carbonyl (C=O) groups excluding carboxylic acids is 2. The summed E-state index contributed by atoms with van der Waals surface area (Å²) in [5.41, 5.74) is 3.92. The molecule has 5 nitrogen and oxygen atoms in total. The third kappa shape index (κ3) is 4.20. The lowest BCUT2D eigenvalue weighted by molar-refractivity contribution is -0.117. The van der Waals surface area contributed by atoms with Crippen molar-refractivity contribution >= 4 is 39.2 Å². The van der Waals surface area contributed by atoms with E-state index < -0.39 is 0 Å². The SMILES string of the molecule is Cc1ccc(N2C[C@H](NC(=O)Nc3cccc(Br)c3)CC2=O)cc1C. The predicted molar refractivity (Wildman–Crippen MR) is 103 cm³/mol. The number of nitrogens with zero attached hydrogens (tertiary/aromatic N) is 1. The Morgan fingerprint density at radius 1 is 1.16 bits per heavy atom. The number of carbonyl (C=O) groups is 2. The highest BCUT2D eigenvalue weighted by molar-refractivity contribution is 9.10. The van der Waals surface area contributed by atoms with E-state index in [1.54, 1.807) is 4.90 Å². The maximum atomic E-state index is 12.3. The second-order valence-corrected chi connectivity index (χ2v) is 7.20. The number of benzene rings is 2. The number of nitrogens with one attached hydrogen (secondary N) is 2. The van der Waals surface area contributed by atoms with E-state index >= 15 is 0 Å². The Bertz CT molecular complexity index is 822. The van der Waals surface area contributed by atoms with E-state index in [9.17, 15) is 9.59 Å². The largest absolute Gasteiger partial charge is 0.333 e. The van der Waals surface area contributed by atoms with Crippen LogP contribution in [0.4, 0.5) is 16.2 Å². The first-order chi connectivity index (χ1) is 11.9. The molecule has 6 heteroatoms. The van der Waals surface area contributed by atoms with E-state index in [2.05, 4.69) is 26.6 Å². The van der Waals surface area contributed by atoms with Crippen molar-refractivity contribution in [2.24, 2.45) is 0 Å². The summed E-state index contributed by atoms with van der Waals surface area (Å²) in [4.78, 5) is 26.2. The molecule has 1 aliphatic heterocycles. The van der Waals surface area contributed by atoms with E-state index in [-0.39, 0.29) is 18.0 Å². The molecule has 2 N–H and O–H groups in total. The molecule has 130 valence electrons. The van der Waals surface area contributed by atoms with Gasteiger partial charge < -0.3 is 15.5 Å². The van der Waals surface area contributed by atoms with E-state index in [1.807, 2.05) is 56.3 Å². The number of hydrogen-bond donors (Lipinski definition) is 2. The Hall–Kier alpha value is -2.34. The van der Waals surface area contributed by atoms with Crippen LogP contribution >= 0.6 is 15.9 Å². The van der Waals surface area contributed by atoms with Gasteiger partial charge in [-0.2, -0.15) is 0 Å². The van der Waals surface area contributed by atoms with Gasteiger partial charge in [0.2, 0.25) is 5.91 Å². The van der Waals surface area contributed by atoms with Gasteiger partial charge >= 0.3 is 6.03 Å². The van der Waals surface area contributed by atoms with Crippen molar-refractivity contribution in [2.75, 3.05) is 16.8 Å². The van der Waals surface area contributed by atoms with Crippen LogP contribution in [0.15, 0.2) is 46.9 Å². The molecule has 2 aromatic carbocycles. The highest BCUT2D eigenvalue weighted by atomic mass is 79.9. The summed E-state index contributed by atoms with van der Waals surface area (Å²) < 4.78 is 0.891. The van der Waals surface area contributed by atoms with Crippen molar-refractivity contribution in [3.05, 3.63) is 58.1 Å². The summed E-state index contributed by atoms with van der Waals surface area (Å²) >= 11 is 3.37. The number of anilines is 2. The number of halogens is 1. The molecule has 0 radical (unpaired) electrons. The van der Waals surface area contributed by atoms with Crippen molar-refractivity contribution in [3.8, 4) is 0 Å². The molecule has 0 bridgehead atoms. The summed E-state index contributed by atoms with van der Waals surface area (Å²) in [5.74, 6) is 0.0241. The van der Waals surface area contributed by atoms with Crippen LogP contribution in [-0.4, -0.2) is 24.5 Å². The molecule has 25 heavy (non-hydrogen) atoms. The predicted octanol–water partition coefficient (Wildman–Crippen LogP) is 3.99. The van der Waals surface area contributed by atoms with Gasteiger partial charge in [-0.3, -0.25) is 4.79 Å². The Balaban J connectivity index is 1.62. The molecule has 2 aromatic rings. The fourth-order valence-corrected chi connectivity index (χ4v) is 3.27. The number of aryl methyl sites for hydroxylation is 2. The van der Waals surface area contributed by atoms with Crippen LogP contribution in [0, 0.1) is 13.8 Å². The lowest BCUT2D eigenvalue weighted by atomic mass is 10.1. The summed E-state index contributed by atoms with van der Waals surface area (Å²) in [5, 5.41) is 5.66. The molecule has 0 aromatic heterocycles. The van der Waals surface area contributed by atoms with Gasteiger partial charge in [-0.15, -0.1) is 0 Å². The Labute approximate surface area is 155 Å². The van der Waals surface area contributed by atoms with Crippen LogP contribution in [0.2, 0.25) is 0 Å². The molecule has 0 spiro atoms. The van der Waals surface area contributed by atoms with Crippen molar-refractivity contribution in [1.29, 1.82) is 0 Å². The Morgan fingerprint density at radius 2 is 1.96 bits per heavy atom. The van der Waals surface area contributed by atoms with Gasteiger partial charge in [0.05, 0.1) is 6.04 Å². The van der Waals surface area contributed by atoms with Crippen molar-refractivity contribution in [2.45, 2.75) is 26.3 Å². The van der Waals surface area contributed by atoms with Crippen molar-refractivity contribution < 1.29 is 9.59 Å². The second-order valence-electron chi connectivity index (χ2n) is 6.28. The van der Waals surface area contributed by atoms with E-state index in [1.165, 1.54) is 5.56 Å². The van der Waals surface area contributed by atoms with Gasteiger partial charge in [-0.05, 0) is 55.3 Å². The second kappa shape index (κ2) is 7.27. The molecular formula is C19H20BrN3O2. The molecule has 0 aliphatic carbocycles. The minimum absolute atomic E-state index is 0.0241. The van der Waals surface area contributed by atoms with Gasteiger partial charge in [-0.1, -0.05) is 28.1 Å². The summed E-state index contributed by atoms with van der Waals surface area (Å²) in [7, 11) is 0. The lowest BCUT2D eigenvalue weighted by Gasteiger charge is -2.18. The minimum Gasteiger partial charge on any atom is -0.333 e. The summed E-state index contributed by atoms with van der Waals surface area (Å²) in [6.45, 7) is 4.55. The maximum absolute atomic E-state index is 12.3. The van der Waals surface area contributed by atoms with Crippen LogP contribution in [0.25, 0.3) is 0 Å². The number of rotatable bonds is 3. The monoisotopic (exact) mass is 401 g/mol. The van der Waals surface area contributed by atoms with Gasteiger partial charge in [0.25, 0.3) is 0 Å². The van der Waals surface area contributed by atoms with Gasteiger partial charge in [0, 0.05) is 28.8 Å². The molecule has 1 fully saturated rings. The van der Waals surface area contributed by atoms with Crippen LogP contribution in [0.1, 0.15) is 17.5 Å². The van der Waals surface area contributed by atoms with Crippen molar-refractivity contribution in [1.82, 2.24) is 5.32 Å². The van der Waals surface area contributed by atoms with E-state index in [4.69, 9.17) is 0 Å². The standard InChI is InChI=1S/C19H20BrN3O2/c1-12-6-7-17(8-13(12)2)23-11-16(10-18(23)24)22-19(25)21-15-5-3-4-14(20)9-15/h3-9,16H,10-11H2,1-2H3,(H2,21,22,25)/t16-/m1/s1. The Kier molecular flexibility index (Phi) is 5.08. The topological polar surface area (TPSA) is 61.4 Å². The van der Waals surface area contributed by atoms with E-state index in [0.29, 0.717) is 18.7 Å². The lowest BCUT2D eigenvalue weighted by Crippen LogP contribution is -2.39. The zero-order valence-corrected chi connectivity index (χ0v) is 15.8. The third-order valence-electron chi connectivity index (χ3n) is 4.34. The number of urea groups is 1. The third-order valence-corrected chi connectivity index (χ3v) is 4.84. The first-order valence-corrected chi connectivity index (χ1v) is 8.92. The molecule has 0 saturated carbocycles. The van der Waals surface area contributed by atoms with E-state index in [0.717, 1.165) is 15.7 Å². The molecule has 3 amide bonds. The molecule has 1 aliphatic rings. The smallest absolute Gasteiger partial charge is 0.319 e. The first-order valence-electron chi connectivity index (χ1n) is 8.13. The highest BCUT2D eigenvalue weighted by Gasteiger charge is 2.31. The number of hydrogen-bond acceptors (Lipinski definition) is 2. The average Bonchev–Trinajstić information content (AvgIpc) is 2.90. The maximum Gasteiger partial charge on any atom is 0.319 e. The van der Waals surface area contributed by atoms with Crippen LogP contribution in [0.5, 0.6) is 0 Å². The number of amides is 3. The zero-order chi connectivity index (χ0) is 18.0. The van der Waals surface area contributed by atoms with Crippen LogP contribution < -0.4 is 15.5 Å². The molecule has 1 saturated heterocycles. The first kappa shape index (κ1) is 17.5. The Morgan fingerprint density at radius 3 is 2.68 bits per heavy atom. The minimum atomic E-state index is -0.308. The highest BCUT2D eigenvalue weighted by Crippen LogP contribution is 2.24. The summed E-state index contributed by atoms with van der Waals surface area (Å²) in [6, 6.07) is 12.8. The van der Waals surface area contributed by atoms with Gasteiger partial charge in [0.15, 0.2) is 0 Å². The normalized spacial score (nSPS) is 16.8. The van der Waals surface area contributed by atoms with Crippen molar-refractivity contribution in [3.63, 3.8) is 0 Å². The molecule has 1 heterocycles. The van der Waals surface area contributed by atoms with Gasteiger partial charge in [-0.25, -0.2) is 4.79 Å².